The zero-order valence-corrected chi connectivity index (χ0v) is 10.9. The van der Waals surface area contributed by atoms with Gasteiger partial charge in [-0.05, 0) is 17.5 Å². The van der Waals surface area contributed by atoms with Crippen molar-refractivity contribution in [2.24, 2.45) is 0 Å². The molecular formula is C13H17NO2S. The first kappa shape index (κ1) is 12.5. The Balaban J connectivity index is 2.02. The average Bonchev–Trinajstić information content (AvgIpc) is 2.87. The molecule has 1 aromatic carbocycles. The van der Waals surface area contributed by atoms with Gasteiger partial charge in [-0.15, -0.1) is 11.8 Å². The number of ether oxygens (including phenoxy) is 1. The van der Waals surface area contributed by atoms with Crippen LogP contribution in [0.3, 0.4) is 0 Å². The van der Waals surface area contributed by atoms with Crippen molar-refractivity contribution in [3.63, 3.8) is 0 Å². The van der Waals surface area contributed by atoms with Gasteiger partial charge in [-0.3, -0.25) is 10.1 Å². The molecule has 1 heterocycles. The molecule has 1 N–H and O–H groups in total. The van der Waals surface area contributed by atoms with Gasteiger partial charge in [0.2, 0.25) is 0 Å². The summed E-state index contributed by atoms with van der Waals surface area (Å²) in [5.74, 6) is 0.595. The third-order valence-electron chi connectivity index (χ3n) is 2.96. The van der Waals surface area contributed by atoms with Crippen molar-refractivity contribution in [2.45, 2.75) is 24.8 Å². The first-order valence-corrected chi connectivity index (χ1v) is 6.83. The molecule has 0 bridgehead atoms. The Morgan fingerprint density at radius 1 is 1.47 bits per heavy atom. The van der Waals surface area contributed by atoms with E-state index >= 15 is 0 Å². The van der Waals surface area contributed by atoms with E-state index in [2.05, 4.69) is 36.5 Å². The molecule has 4 heteroatoms. The molecule has 1 aliphatic rings. The molecule has 0 aliphatic carbocycles. The lowest BCUT2D eigenvalue weighted by molar-refractivity contribution is -0.142. The highest BCUT2D eigenvalue weighted by atomic mass is 32.2. The van der Waals surface area contributed by atoms with Crippen LogP contribution in [0.5, 0.6) is 0 Å². The minimum Gasteiger partial charge on any atom is -0.468 e. The number of nitrogens with one attached hydrogen (secondary N) is 1. The fourth-order valence-electron chi connectivity index (χ4n) is 1.87. The maximum absolute atomic E-state index is 11.4. The summed E-state index contributed by atoms with van der Waals surface area (Å²) in [6.07, 6.45) is 1.05. The Morgan fingerprint density at radius 2 is 2.18 bits per heavy atom. The van der Waals surface area contributed by atoms with E-state index in [9.17, 15) is 4.79 Å². The molecule has 2 atom stereocenters. The number of carbonyl (C=O) groups is 1. The number of aryl methyl sites for hydroxylation is 1. The number of benzene rings is 1. The Morgan fingerprint density at radius 3 is 2.76 bits per heavy atom. The second-order valence-electron chi connectivity index (χ2n) is 4.05. The first-order chi connectivity index (χ1) is 8.24. The molecule has 1 aliphatic heterocycles. The SMILES string of the molecule is CCc1ccc(C2N[C@H](C(=O)OC)CS2)cc1. The number of carbonyl (C=O) groups excluding carboxylic acids is 1. The highest BCUT2D eigenvalue weighted by Crippen LogP contribution is 2.33. The third-order valence-corrected chi connectivity index (χ3v) is 4.23. The van der Waals surface area contributed by atoms with E-state index in [1.165, 1.54) is 18.2 Å². The Bertz CT molecular complexity index is 391. The summed E-state index contributed by atoms with van der Waals surface area (Å²) in [5.41, 5.74) is 2.56. The van der Waals surface area contributed by atoms with Crippen molar-refractivity contribution in [2.75, 3.05) is 12.9 Å². The van der Waals surface area contributed by atoms with E-state index in [1.807, 2.05) is 0 Å². The van der Waals surface area contributed by atoms with Crippen LogP contribution in [0, 0.1) is 0 Å². The highest BCUT2D eigenvalue weighted by molar-refractivity contribution is 7.99. The summed E-state index contributed by atoms with van der Waals surface area (Å²) < 4.78 is 4.74. The van der Waals surface area contributed by atoms with Crippen LogP contribution in [-0.2, 0) is 16.0 Å². The maximum atomic E-state index is 11.4. The zero-order valence-electron chi connectivity index (χ0n) is 10.1. The molecule has 0 saturated carbocycles. The van der Waals surface area contributed by atoms with Gasteiger partial charge in [0, 0.05) is 5.75 Å². The van der Waals surface area contributed by atoms with Crippen LogP contribution < -0.4 is 5.32 Å². The van der Waals surface area contributed by atoms with Crippen LogP contribution in [0.1, 0.15) is 23.4 Å². The third kappa shape index (κ3) is 2.82. The van der Waals surface area contributed by atoms with Crippen LogP contribution in [0.15, 0.2) is 24.3 Å². The van der Waals surface area contributed by atoms with E-state index in [1.54, 1.807) is 11.8 Å². The fourth-order valence-corrected chi connectivity index (χ4v) is 3.10. The molecule has 2 rings (SSSR count). The second-order valence-corrected chi connectivity index (χ2v) is 5.19. The predicted octanol–water partition coefficient (Wildman–Crippen LogP) is 2.13. The predicted molar refractivity (Wildman–Crippen MR) is 70.0 cm³/mol. The van der Waals surface area contributed by atoms with Crippen LogP contribution in [0.2, 0.25) is 0 Å². The molecule has 17 heavy (non-hydrogen) atoms. The quantitative estimate of drug-likeness (QED) is 0.835. The summed E-state index contributed by atoms with van der Waals surface area (Å²) in [6.45, 7) is 2.14. The molecule has 0 spiro atoms. The molecule has 0 radical (unpaired) electrons. The van der Waals surface area contributed by atoms with Crippen molar-refractivity contribution < 1.29 is 9.53 Å². The van der Waals surface area contributed by atoms with Gasteiger partial charge in [-0.25, -0.2) is 0 Å². The molecule has 1 unspecified atom stereocenters. The molecular weight excluding hydrogens is 234 g/mol. The average molecular weight is 251 g/mol. The summed E-state index contributed by atoms with van der Waals surface area (Å²) >= 11 is 1.75. The normalized spacial score (nSPS) is 23.6. The van der Waals surface area contributed by atoms with Gasteiger partial charge in [0.15, 0.2) is 0 Å². The van der Waals surface area contributed by atoms with E-state index in [0.717, 1.165) is 12.2 Å². The zero-order chi connectivity index (χ0) is 12.3. The molecule has 1 saturated heterocycles. The number of esters is 1. The summed E-state index contributed by atoms with van der Waals surface area (Å²) in [7, 11) is 1.43. The lowest BCUT2D eigenvalue weighted by atomic mass is 10.1. The van der Waals surface area contributed by atoms with Gasteiger partial charge in [0.1, 0.15) is 6.04 Å². The topological polar surface area (TPSA) is 38.3 Å². The summed E-state index contributed by atoms with van der Waals surface area (Å²) in [5, 5.41) is 3.48. The molecule has 92 valence electrons. The minimum atomic E-state index is -0.180. The van der Waals surface area contributed by atoms with Gasteiger partial charge in [0.05, 0.1) is 12.5 Å². The van der Waals surface area contributed by atoms with Crippen molar-refractivity contribution in [1.29, 1.82) is 0 Å². The number of thioether (sulfide) groups is 1. The standard InChI is InChI=1S/C13H17NO2S/c1-3-9-4-6-10(7-5-9)12-14-11(8-17-12)13(15)16-2/h4-7,11-12,14H,3,8H2,1-2H3/t11-,12?/m0/s1. The number of hydrogen-bond acceptors (Lipinski definition) is 4. The van der Waals surface area contributed by atoms with Crippen molar-refractivity contribution in [3.8, 4) is 0 Å². The summed E-state index contributed by atoms with van der Waals surface area (Å²) in [6, 6.07) is 8.36. The lowest BCUT2D eigenvalue weighted by Gasteiger charge is -2.12. The van der Waals surface area contributed by atoms with Gasteiger partial charge in [0.25, 0.3) is 0 Å². The molecule has 0 amide bonds. The first-order valence-electron chi connectivity index (χ1n) is 5.79. The van der Waals surface area contributed by atoms with E-state index in [4.69, 9.17) is 4.74 Å². The molecule has 1 fully saturated rings. The van der Waals surface area contributed by atoms with Crippen LogP contribution in [0.4, 0.5) is 0 Å². The Kier molecular flexibility index (Phi) is 4.07. The molecule has 1 aromatic rings. The maximum Gasteiger partial charge on any atom is 0.323 e. The molecule has 0 aromatic heterocycles. The van der Waals surface area contributed by atoms with Gasteiger partial charge < -0.3 is 4.74 Å². The van der Waals surface area contributed by atoms with E-state index < -0.39 is 0 Å². The molecule has 3 nitrogen and oxygen atoms in total. The highest BCUT2D eigenvalue weighted by Gasteiger charge is 2.30. The van der Waals surface area contributed by atoms with Crippen molar-refractivity contribution in [3.05, 3.63) is 35.4 Å². The number of rotatable bonds is 3. The second kappa shape index (κ2) is 5.56. The Hall–Kier alpha value is -1.00. The number of hydrogen-bond donors (Lipinski definition) is 1. The van der Waals surface area contributed by atoms with E-state index in [0.29, 0.717) is 0 Å². The van der Waals surface area contributed by atoms with Gasteiger partial charge >= 0.3 is 5.97 Å². The fraction of sp³-hybridized carbons (Fsp3) is 0.462. The van der Waals surface area contributed by atoms with Crippen LogP contribution in [-0.4, -0.2) is 24.9 Å². The van der Waals surface area contributed by atoms with Crippen molar-refractivity contribution >= 4 is 17.7 Å². The number of methoxy groups -OCH3 is 1. The van der Waals surface area contributed by atoms with Crippen molar-refractivity contribution in [1.82, 2.24) is 5.32 Å². The van der Waals surface area contributed by atoms with Crippen LogP contribution in [0.25, 0.3) is 0 Å². The monoisotopic (exact) mass is 251 g/mol. The largest absolute Gasteiger partial charge is 0.468 e. The lowest BCUT2D eigenvalue weighted by Crippen LogP contribution is -2.34. The smallest absolute Gasteiger partial charge is 0.323 e. The van der Waals surface area contributed by atoms with E-state index in [-0.39, 0.29) is 17.4 Å². The van der Waals surface area contributed by atoms with Gasteiger partial charge in [-0.1, -0.05) is 31.2 Å². The minimum absolute atomic E-state index is 0.176. The Labute approximate surface area is 106 Å². The van der Waals surface area contributed by atoms with Gasteiger partial charge in [-0.2, -0.15) is 0 Å². The van der Waals surface area contributed by atoms with Crippen LogP contribution >= 0.6 is 11.8 Å². The summed E-state index contributed by atoms with van der Waals surface area (Å²) in [4.78, 5) is 11.4.